The van der Waals surface area contributed by atoms with Crippen LogP contribution in [0.2, 0.25) is 0 Å². The Labute approximate surface area is 182 Å². The van der Waals surface area contributed by atoms with Crippen molar-refractivity contribution >= 4 is 17.8 Å². The Hall–Kier alpha value is -2.81. The van der Waals surface area contributed by atoms with Gasteiger partial charge in [-0.15, -0.1) is 0 Å². The molecule has 4 amide bonds. The van der Waals surface area contributed by atoms with E-state index in [2.05, 4.69) is 10.7 Å². The summed E-state index contributed by atoms with van der Waals surface area (Å²) in [6.07, 6.45) is 5.90. The monoisotopic (exact) mass is 430 g/mol. The molecule has 1 aromatic rings. The van der Waals surface area contributed by atoms with E-state index in [0.717, 1.165) is 60.7 Å². The summed E-state index contributed by atoms with van der Waals surface area (Å²) in [6.45, 7) is 0.817. The van der Waals surface area contributed by atoms with Crippen molar-refractivity contribution in [3.8, 4) is 11.5 Å². The maximum atomic E-state index is 12.9. The highest BCUT2D eigenvalue weighted by Crippen LogP contribution is 2.39. The SMILES string of the molecule is COc1ccc(OC)c([C@H]2CCCN2CC(=O)NN2C(=O)NC3(CCCCC3)C2=O)c1. The molecule has 2 saturated heterocycles. The molecule has 3 aliphatic rings. The molecule has 0 bridgehead atoms. The van der Waals surface area contributed by atoms with E-state index >= 15 is 0 Å². The summed E-state index contributed by atoms with van der Waals surface area (Å²) in [6, 6.07) is 5.08. The van der Waals surface area contributed by atoms with Crippen molar-refractivity contribution in [2.75, 3.05) is 27.3 Å². The van der Waals surface area contributed by atoms with E-state index in [-0.39, 0.29) is 24.4 Å². The van der Waals surface area contributed by atoms with E-state index in [0.29, 0.717) is 12.8 Å². The second kappa shape index (κ2) is 8.74. The molecule has 4 rings (SSSR count). The summed E-state index contributed by atoms with van der Waals surface area (Å²) in [7, 11) is 3.23. The second-order valence-electron chi connectivity index (χ2n) is 8.48. The zero-order valence-electron chi connectivity index (χ0n) is 18.1. The van der Waals surface area contributed by atoms with Crippen LogP contribution in [0.25, 0.3) is 0 Å². The van der Waals surface area contributed by atoms with Crippen LogP contribution in [0.4, 0.5) is 4.79 Å². The number of methoxy groups -OCH3 is 2. The van der Waals surface area contributed by atoms with E-state index < -0.39 is 11.6 Å². The van der Waals surface area contributed by atoms with E-state index in [1.807, 2.05) is 23.1 Å². The number of imide groups is 1. The number of carbonyl (C=O) groups excluding carboxylic acids is 3. The lowest BCUT2D eigenvalue weighted by molar-refractivity contribution is -0.140. The van der Waals surface area contributed by atoms with Crippen molar-refractivity contribution in [2.45, 2.75) is 56.5 Å². The molecule has 0 aromatic heterocycles. The molecule has 1 spiro atoms. The van der Waals surface area contributed by atoms with E-state index in [1.165, 1.54) is 0 Å². The van der Waals surface area contributed by atoms with Gasteiger partial charge in [-0.2, -0.15) is 5.01 Å². The first-order chi connectivity index (χ1) is 15.0. The number of amides is 4. The number of hydrazine groups is 1. The van der Waals surface area contributed by atoms with Crippen molar-refractivity contribution in [3.05, 3.63) is 23.8 Å². The molecule has 9 nitrogen and oxygen atoms in total. The van der Waals surface area contributed by atoms with Crippen LogP contribution < -0.4 is 20.2 Å². The number of ether oxygens (including phenoxy) is 2. The van der Waals surface area contributed by atoms with Gasteiger partial charge in [-0.25, -0.2) is 4.79 Å². The number of carbonyl (C=O) groups is 3. The second-order valence-corrected chi connectivity index (χ2v) is 8.48. The van der Waals surface area contributed by atoms with Crippen LogP contribution in [0, 0.1) is 0 Å². The Balaban J connectivity index is 1.44. The highest BCUT2D eigenvalue weighted by molar-refractivity contribution is 6.08. The van der Waals surface area contributed by atoms with Crippen molar-refractivity contribution in [1.82, 2.24) is 20.7 Å². The number of nitrogens with zero attached hydrogens (tertiary/aromatic N) is 2. The lowest BCUT2D eigenvalue weighted by Crippen LogP contribution is -2.52. The fourth-order valence-corrected chi connectivity index (χ4v) is 5.03. The molecule has 2 N–H and O–H groups in total. The molecule has 2 aliphatic heterocycles. The van der Waals surface area contributed by atoms with Crippen LogP contribution in [-0.4, -0.2) is 60.6 Å². The Bertz CT molecular complexity index is 867. The van der Waals surface area contributed by atoms with Crippen LogP contribution in [0.5, 0.6) is 11.5 Å². The highest BCUT2D eigenvalue weighted by atomic mass is 16.5. The average Bonchev–Trinajstić information content (AvgIpc) is 3.32. The van der Waals surface area contributed by atoms with Crippen LogP contribution in [0.15, 0.2) is 18.2 Å². The van der Waals surface area contributed by atoms with Crippen molar-refractivity contribution < 1.29 is 23.9 Å². The van der Waals surface area contributed by atoms with Gasteiger partial charge >= 0.3 is 6.03 Å². The summed E-state index contributed by atoms with van der Waals surface area (Å²) >= 11 is 0. The predicted octanol–water partition coefficient (Wildman–Crippen LogP) is 2.13. The van der Waals surface area contributed by atoms with Gasteiger partial charge in [0.2, 0.25) is 0 Å². The van der Waals surface area contributed by atoms with Gasteiger partial charge in [0.15, 0.2) is 0 Å². The topological polar surface area (TPSA) is 100 Å². The zero-order valence-corrected chi connectivity index (χ0v) is 18.1. The third-order valence-corrected chi connectivity index (χ3v) is 6.61. The predicted molar refractivity (Wildman–Crippen MR) is 112 cm³/mol. The third-order valence-electron chi connectivity index (χ3n) is 6.61. The Morgan fingerprint density at radius 2 is 1.94 bits per heavy atom. The van der Waals surface area contributed by atoms with E-state index in [4.69, 9.17) is 9.47 Å². The molecule has 1 aromatic carbocycles. The van der Waals surface area contributed by atoms with Gasteiger partial charge in [0.05, 0.1) is 20.8 Å². The molecule has 0 unspecified atom stereocenters. The quantitative estimate of drug-likeness (QED) is 0.671. The molecule has 2 heterocycles. The van der Waals surface area contributed by atoms with Gasteiger partial charge in [0.25, 0.3) is 11.8 Å². The fourth-order valence-electron chi connectivity index (χ4n) is 5.03. The molecular weight excluding hydrogens is 400 g/mol. The molecule has 31 heavy (non-hydrogen) atoms. The van der Waals surface area contributed by atoms with Gasteiger partial charge in [-0.05, 0) is 50.4 Å². The van der Waals surface area contributed by atoms with Crippen LogP contribution in [-0.2, 0) is 9.59 Å². The molecule has 9 heteroatoms. The summed E-state index contributed by atoms with van der Waals surface area (Å²) in [5.74, 6) is 0.735. The molecular formula is C22H30N4O5. The summed E-state index contributed by atoms with van der Waals surface area (Å²) < 4.78 is 10.9. The molecule has 3 fully saturated rings. The molecule has 168 valence electrons. The Morgan fingerprint density at radius 3 is 2.65 bits per heavy atom. The Kier molecular flexibility index (Phi) is 6.04. The number of hydrogen-bond donors (Lipinski definition) is 2. The number of likely N-dealkylation sites (tertiary alicyclic amines) is 1. The van der Waals surface area contributed by atoms with Crippen LogP contribution in [0.1, 0.15) is 56.6 Å². The molecule has 1 aliphatic carbocycles. The first-order valence-corrected chi connectivity index (χ1v) is 10.9. The minimum atomic E-state index is -0.854. The molecule has 1 saturated carbocycles. The number of nitrogens with one attached hydrogen (secondary N) is 2. The molecule has 0 radical (unpaired) electrons. The third kappa shape index (κ3) is 4.06. The zero-order chi connectivity index (χ0) is 22.0. The van der Waals surface area contributed by atoms with Crippen molar-refractivity contribution in [3.63, 3.8) is 0 Å². The van der Waals surface area contributed by atoms with Gasteiger partial charge < -0.3 is 14.8 Å². The minimum absolute atomic E-state index is 0.0106. The summed E-state index contributed by atoms with van der Waals surface area (Å²) in [4.78, 5) is 40.1. The first kappa shape index (κ1) is 21.4. The van der Waals surface area contributed by atoms with Crippen molar-refractivity contribution in [1.29, 1.82) is 0 Å². The summed E-state index contributed by atoms with van der Waals surface area (Å²) in [5.41, 5.74) is 2.64. The van der Waals surface area contributed by atoms with Gasteiger partial charge in [0.1, 0.15) is 17.0 Å². The maximum absolute atomic E-state index is 12.9. The number of urea groups is 1. The standard InChI is InChI=1S/C22H30N4O5/c1-30-15-8-9-18(31-2)16(13-15)17-7-6-12-25(17)14-19(27)24-26-20(28)22(23-21(26)29)10-4-3-5-11-22/h8-9,13,17H,3-7,10-12,14H2,1-2H3,(H,23,29)(H,24,27)/t17-/m1/s1. The van der Waals surface area contributed by atoms with Gasteiger partial charge in [-0.1, -0.05) is 19.3 Å². The van der Waals surface area contributed by atoms with E-state index in [1.54, 1.807) is 14.2 Å². The lowest BCUT2D eigenvalue weighted by atomic mass is 9.82. The lowest BCUT2D eigenvalue weighted by Gasteiger charge is -2.30. The van der Waals surface area contributed by atoms with Gasteiger partial charge in [-0.3, -0.25) is 19.9 Å². The number of hydrogen-bond acceptors (Lipinski definition) is 6. The van der Waals surface area contributed by atoms with E-state index in [9.17, 15) is 14.4 Å². The average molecular weight is 431 g/mol. The summed E-state index contributed by atoms with van der Waals surface area (Å²) in [5, 5.41) is 3.68. The first-order valence-electron chi connectivity index (χ1n) is 10.9. The van der Waals surface area contributed by atoms with Crippen LogP contribution in [0.3, 0.4) is 0 Å². The van der Waals surface area contributed by atoms with Gasteiger partial charge in [0, 0.05) is 11.6 Å². The maximum Gasteiger partial charge on any atom is 0.344 e. The Morgan fingerprint density at radius 1 is 1.16 bits per heavy atom. The minimum Gasteiger partial charge on any atom is -0.497 e. The van der Waals surface area contributed by atoms with Crippen LogP contribution >= 0.6 is 0 Å². The largest absolute Gasteiger partial charge is 0.497 e. The van der Waals surface area contributed by atoms with Crippen molar-refractivity contribution in [2.24, 2.45) is 0 Å². The highest BCUT2D eigenvalue weighted by Gasteiger charge is 2.52. The molecule has 1 atom stereocenters. The smallest absolute Gasteiger partial charge is 0.344 e. The fraction of sp³-hybridized carbons (Fsp3) is 0.591. The number of rotatable bonds is 6. The normalized spacial score (nSPS) is 23.2. The number of benzene rings is 1.